The van der Waals surface area contributed by atoms with Gasteiger partial charge in [0.15, 0.2) is 0 Å². The summed E-state index contributed by atoms with van der Waals surface area (Å²) in [5.41, 5.74) is 0. The van der Waals surface area contributed by atoms with Crippen LogP contribution in [0.15, 0.2) is 0 Å². The predicted molar refractivity (Wildman–Crippen MR) is 80.6 cm³/mol. The van der Waals surface area contributed by atoms with E-state index >= 15 is 0 Å². The molecule has 116 valence electrons. The van der Waals surface area contributed by atoms with Gasteiger partial charge >= 0.3 is 0 Å². The van der Waals surface area contributed by atoms with Crippen LogP contribution >= 0.6 is 0 Å². The van der Waals surface area contributed by atoms with E-state index in [1.807, 2.05) is 0 Å². The molecule has 0 radical (unpaired) electrons. The van der Waals surface area contributed by atoms with Crippen molar-refractivity contribution in [2.75, 3.05) is 39.9 Å². The van der Waals surface area contributed by atoms with Gasteiger partial charge in [-0.05, 0) is 56.5 Å². The van der Waals surface area contributed by atoms with Crippen molar-refractivity contribution < 1.29 is 9.53 Å². The minimum atomic E-state index is 0.360. The molecule has 0 bridgehead atoms. The number of nitrogens with zero attached hydrogens (tertiary/aromatic N) is 1. The molecule has 2 aliphatic rings. The minimum absolute atomic E-state index is 0.360. The number of piperidine rings is 2. The predicted octanol–water partition coefficient (Wildman–Crippen LogP) is 1.90. The van der Waals surface area contributed by atoms with Crippen LogP contribution in [0.5, 0.6) is 0 Å². The van der Waals surface area contributed by atoms with Gasteiger partial charge in [0.05, 0.1) is 0 Å². The zero-order chi connectivity index (χ0) is 14.4. The van der Waals surface area contributed by atoms with Gasteiger partial charge in [0.25, 0.3) is 0 Å². The lowest BCUT2D eigenvalue weighted by Gasteiger charge is -2.34. The number of hydrogen-bond acceptors (Lipinski definition) is 3. The zero-order valence-electron chi connectivity index (χ0n) is 13.1. The number of ether oxygens (including phenoxy) is 1. The van der Waals surface area contributed by atoms with E-state index in [-0.39, 0.29) is 0 Å². The summed E-state index contributed by atoms with van der Waals surface area (Å²) in [5, 5.41) is 3.45. The fraction of sp³-hybridized carbons (Fsp3) is 0.938. The second kappa shape index (κ2) is 7.99. The van der Waals surface area contributed by atoms with Gasteiger partial charge in [-0.2, -0.15) is 0 Å². The molecule has 1 amide bonds. The zero-order valence-corrected chi connectivity index (χ0v) is 13.1. The average molecular weight is 282 g/mol. The summed E-state index contributed by atoms with van der Waals surface area (Å²) >= 11 is 0. The molecule has 0 aliphatic carbocycles. The summed E-state index contributed by atoms with van der Waals surface area (Å²) in [4.78, 5) is 14.5. The van der Waals surface area contributed by atoms with E-state index in [1.165, 1.54) is 12.8 Å². The number of carbonyl (C=O) groups excluding carboxylic acids is 1. The van der Waals surface area contributed by atoms with Crippen LogP contribution in [0.3, 0.4) is 0 Å². The Hall–Kier alpha value is -0.610. The topological polar surface area (TPSA) is 41.6 Å². The molecule has 4 nitrogen and oxygen atoms in total. The normalized spacial score (nSPS) is 26.5. The van der Waals surface area contributed by atoms with Crippen LogP contribution in [0.1, 0.15) is 39.0 Å². The number of nitrogens with one attached hydrogen (secondary N) is 1. The van der Waals surface area contributed by atoms with Crippen LogP contribution in [0.2, 0.25) is 0 Å². The maximum absolute atomic E-state index is 12.4. The lowest BCUT2D eigenvalue weighted by atomic mass is 9.85. The molecule has 2 rings (SSSR count). The number of amides is 1. The van der Waals surface area contributed by atoms with E-state index < -0.39 is 0 Å². The van der Waals surface area contributed by atoms with Crippen molar-refractivity contribution in [2.45, 2.75) is 39.0 Å². The maximum Gasteiger partial charge on any atom is 0.222 e. The minimum Gasteiger partial charge on any atom is -0.384 e. The van der Waals surface area contributed by atoms with Gasteiger partial charge in [-0.25, -0.2) is 0 Å². The highest BCUT2D eigenvalue weighted by molar-refractivity contribution is 5.76. The first-order valence-electron chi connectivity index (χ1n) is 8.18. The molecule has 0 aromatic carbocycles. The maximum atomic E-state index is 12.4. The number of rotatable bonds is 5. The standard InChI is InChI=1S/C16H30N2O2/c1-13(15-4-3-7-17-11-15)10-16(19)18-8-5-14(6-9-18)12-20-2/h13-15,17H,3-12H2,1-2H3. The largest absolute Gasteiger partial charge is 0.384 e. The van der Waals surface area contributed by atoms with Crippen molar-refractivity contribution in [3.8, 4) is 0 Å². The Morgan fingerprint density at radius 2 is 2.10 bits per heavy atom. The van der Waals surface area contributed by atoms with E-state index in [0.717, 1.165) is 52.0 Å². The van der Waals surface area contributed by atoms with Crippen LogP contribution in [0.4, 0.5) is 0 Å². The molecule has 1 N–H and O–H groups in total. The van der Waals surface area contributed by atoms with Crippen molar-refractivity contribution in [2.24, 2.45) is 17.8 Å². The molecule has 20 heavy (non-hydrogen) atoms. The third kappa shape index (κ3) is 4.45. The molecular formula is C16H30N2O2. The molecule has 0 spiro atoms. The average Bonchev–Trinajstić information content (AvgIpc) is 2.49. The molecule has 0 saturated carbocycles. The highest BCUT2D eigenvalue weighted by atomic mass is 16.5. The van der Waals surface area contributed by atoms with Gasteiger partial charge in [0.1, 0.15) is 0 Å². The lowest BCUT2D eigenvalue weighted by Crippen LogP contribution is -2.41. The van der Waals surface area contributed by atoms with Gasteiger partial charge in [0, 0.05) is 33.2 Å². The summed E-state index contributed by atoms with van der Waals surface area (Å²) in [6.45, 7) is 7.15. The molecule has 2 aliphatic heterocycles. The van der Waals surface area contributed by atoms with E-state index in [9.17, 15) is 4.79 Å². The van der Waals surface area contributed by atoms with Crippen molar-refractivity contribution in [1.82, 2.24) is 10.2 Å². The van der Waals surface area contributed by atoms with Gasteiger partial charge in [-0.1, -0.05) is 6.92 Å². The summed E-state index contributed by atoms with van der Waals surface area (Å²) in [6, 6.07) is 0. The van der Waals surface area contributed by atoms with E-state index in [4.69, 9.17) is 4.74 Å². The number of carbonyl (C=O) groups is 1. The number of likely N-dealkylation sites (tertiary alicyclic amines) is 1. The van der Waals surface area contributed by atoms with Gasteiger partial charge < -0.3 is 15.0 Å². The molecule has 2 unspecified atom stereocenters. The monoisotopic (exact) mass is 282 g/mol. The Morgan fingerprint density at radius 1 is 1.35 bits per heavy atom. The van der Waals surface area contributed by atoms with Crippen LogP contribution in [-0.2, 0) is 9.53 Å². The molecule has 0 aromatic rings. The third-order valence-corrected chi connectivity index (χ3v) is 5.01. The third-order valence-electron chi connectivity index (χ3n) is 5.01. The van der Waals surface area contributed by atoms with Crippen LogP contribution in [-0.4, -0.2) is 50.7 Å². The second-order valence-electron chi connectivity index (χ2n) is 6.57. The van der Waals surface area contributed by atoms with Gasteiger partial charge in [-0.15, -0.1) is 0 Å². The Bertz CT molecular complexity index is 295. The summed E-state index contributed by atoms with van der Waals surface area (Å²) in [5.74, 6) is 2.19. The second-order valence-corrected chi connectivity index (χ2v) is 6.57. The van der Waals surface area contributed by atoms with Crippen LogP contribution in [0.25, 0.3) is 0 Å². The highest BCUT2D eigenvalue weighted by Crippen LogP contribution is 2.24. The van der Waals surface area contributed by atoms with E-state index in [2.05, 4.69) is 17.1 Å². The quantitative estimate of drug-likeness (QED) is 0.837. The Morgan fingerprint density at radius 3 is 2.70 bits per heavy atom. The fourth-order valence-corrected chi connectivity index (χ4v) is 3.52. The number of methoxy groups -OCH3 is 1. The van der Waals surface area contributed by atoms with E-state index in [1.54, 1.807) is 7.11 Å². The summed E-state index contributed by atoms with van der Waals surface area (Å²) in [7, 11) is 1.76. The SMILES string of the molecule is COCC1CCN(C(=O)CC(C)C2CCCNC2)CC1. The first-order valence-corrected chi connectivity index (χ1v) is 8.18. The first kappa shape index (κ1) is 15.8. The van der Waals surface area contributed by atoms with E-state index in [0.29, 0.717) is 23.7 Å². The molecule has 2 heterocycles. The van der Waals surface area contributed by atoms with Gasteiger partial charge in [-0.3, -0.25) is 4.79 Å². The van der Waals surface area contributed by atoms with Crippen molar-refractivity contribution in [3.63, 3.8) is 0 Å². The van der Waals surface area contributed by atoms with Gasteiger partial charge in [0.2, 0.25) is 5.91 Å². The van der Waals surface area contributed by atoms with Crippen LogP contribution < -0.4 is 5.32 Å². The number of hydrogen-bond donors (Lipinski definition) is 1. The van der Waals surface area contributed by atoms with Crippen molar-refractivity contribution >= 4 is 5.91 Å². The Balaban J connectivity index is 1.71. The first-order chi connectivity index (χ1) is 9.70. The van der Waals surface area contributed by atoms with Crippen molar-refractivity contribution in [1.29, 1.82) is 0 Å². The molecule has 2 fully saturated rings. The van der Waals surface area contributed by atoms with Crippen molar-refractivity contribution in [3.05, 3.63) is 0 Å². The lowest BCUT2D eigenvalue weighted by molar-refractivity contribution is -0.134. The molecule has 2 atom stereocenters. The smallest absolute Gasteiger partial charge is 0.222 e. The summed E-state index contributed by atoms with van der Waals surface area (Å²) < 4.78 is 5.21. The highest BCUT2D eigenvalue weighted by Gasteiger charge is 2.26. The van der Waals surface area contributed by atoms with Crippen LogP contribution in [0, 0.1) is 17.8 Å². The molecule has 4 heteroatoms. The molecule has 0 aromatic heterocycles. The Labute approximate surface area is 123 Å². The Kier molecular flexibility index (Phi) is 6.30. The summed E-state index contributed by atoms with van der Waals surface area (Å²) in [6.07, 6.45) is 5.45. The molecular weight excluding hydrogens is 252 g/mol. The fourth-order valence-electron chi connectivity index (χ4n) is 3.52. The molecule has 2 saturated heterocycles.